The predicted octanol–water partition coefficient (Wildman–Crippen LogP) is 2.97. The van der Waals surface area contributed by atoms with E-state index in [1.807, 2.05) is 0 Å². The van der Waals surface area contributed by atoms with Gasteiger partial charge in [-0.15, -0.1) is 0 Å². The molecule has 5 nitrogen and oxygen atoms in total. The van der Waals surface area contributed by atoms with Crippen LogP contribution in [0.3, 0.4) is 0 Å². The van der Waals surface area contributed by atoms with E-state index in [9.17, 15) is 4.79 Å². The van der Waals surface area contributed by atoms with Crippen LogP contribution in [0.2, 0.25) is 0 Å². The van der Waals surface area contributed by atoms with Gasteiger partial charge in [0.25, 0.3) is 0 Å². The number of hydrogen-bond acceptors (Lipinski definition) is 2. The summed E-state index contributed by atoms with van der Waals surface area (Å²) in [5.41, 5.74) is 8.39. The number of aliphatic carboxylic acids is 1. The summed E-state index contributed by atoms with van der Waals surface area (Å²) in [4.78, 5) is 13.1. The van der Waals surface area contributed by atoms with Gasteiger partial charge in [-0.2, -0.15) is 0 Å². The molecule has 14 heavy (non-hydrogen) atoms. The lowest BCUT2D eigenvalue weighted by atomic mass is 9.88. The van der Waals surface area contributed by atoms with E-state index in [2.05, 4.69) is 30.8 Å². The second-order valence-corrected chi connectivity index (χ2v) is 4.56. The van der Waals surface area contributed by atoms with Crippen molar-refractivity contribution >= 4 is 5.97 Å². The molecule has 1 unspecified atom stereocenters. The zero-order valence-electron chi connectivity index (χ0n) is 8.90. The standard InChI is InChI=1S/C9H17N3O2/c1-9(2,3)5-4-7(11-12-10)6-8(13)14/h7H,4-6H2,1-3H3,(H,13,14). The number of carbonyl (C=O) groups is 1. The first kappa shape index (κ1) is 12.8. The zero-order chi connectivity index (χ0) is 11.2. The van der Waals surface area contributed by atoms with E-state index in [1.54, 1.807) is 0 Å². The minimum atomic E-state index is -0.920. The van der Waals surface area contributed by atoms with Crippen molar-refractivity contribution in [1.82, 2.24) is 0 Å². The highest BCUT2D eigenvalue weighted by molar-refractivity contribution is 5.67. The molecule has 0 radical (unpaired) electrons. The third-order valence-electron chi connectivity index (χ3n) is 1.85. The minimum absolute atomic E-state index is 0.0832. The summed E-state index contributed by atoms with van der Waals surface area (Å²) in [5, 5.41) is 12.0. The van der Waals surface area contributed by atoms with Gasteiger partial charge < -0.3 is 5.11 Å². The van der Waals surface area contributed by atoms with Crippen LogP contribution in [0, 0.1) is 5.41 Å². The van der Waals surface area contributed by atoms with Gasteiger partial charge in [-0.25, -0.2) is 0 Å². The molecule has 0 aliphatic carbocycles. The van der Waals surface area contributed by atoms with Crippen LogP contribution in [0.25, 0.3) is 10.4 Å². The first-order valence-electron chi connectivity index (χ1n) is 4.61. The third kappa shape index (κ3) is 7.43. The fraction of sp³-hybridized carbons (Fsp3) is 0.889. The van der Waals surface area contributed by atoms with Gasteiger partial charge in [-0.3, -0.25) is 4.79 Å². The molecule has 0 aromatic carbocycles. The smallest absolute Gasteiger partial charge is 0.303 e. The lowest BCUT2D eigenvalue weighted by Gasteiger charge is -2.19. The van der Waals surface area contributed by atoms with Crippen LogP contribution >= 0.6 is 0 Å². The molecule has 80 valence electrons. The lowest BCUT2D eigenvalue weighted by molar-refractivity contribution is -0.137. The molecule has 0 bridgehead atoms. The van der Waals surface area contributed by atoms with Gasteiger partial charge in [-0.05, 0) is 23.8 Å². The Morgan fingerprint density at radius 3 is 2.50 bits per heavy atom. The highest BCUT2D eigenvalue weighted by Crippen LogP contribution is 2.23. The lowest BCUT2D eigenvalue weighted by Crippen LogP contribution is -2.14. The second-order valence-electron chi connectivity index (χ2n) is 4.56. The minimum Gasteiger partial charge on any atom is -0.481 e. The first-order chi connectivity index (χ1) is 6.35. The van der Waals surface area contributed by atoms with Crippen molar-refractivity contribution in [3.63, 3.8) is 0 Å². The predicted molar refractivity (Wildman–Crippen MR) is 53.9 cm³/mol. The molecule has 0 spiro atoms. The van der Waals surface area contributed by atoms with Crippen LogP contribution in [0.4, 0.5) is 0 Å². The highest BCUT2D eigenvalue weighted by atomic mass is 16.4. The van der Waals surface area contributed by atoms with Crippen molar-refractivity contribution in [2.75, 3.05) is 0 Å². The average molecular weight is 199 g/mol. The Kier molecular flexibility index (Phi) is 5.02. The Hall–Kier alpha value is -1.22. The van der Waals surface area contributed by atoms with E-state index in [-0.39, 0.29) is 11.8 Å². The molecular formula is C9H17N3O2. The summed E-state index contributed by atoms with van der Waals surface area (Å²) < 4.78 is 0. The van der Waals surface area contributed by atoms with E-state index in [0.717, 1.165) is 6.42 Å². The molecule has 0 fully saturated rings. The Labute approximate surface area is 83.7 Å². The van der Waals surface area contributed by atoms with Gasteiger partial charge in [0.15, 0.2) is 0 Å². The summed E-state index contributed by atoms with van der Waals surface area (Å²) in [6.45, 7) is 6.21. The average Bonchev–Trinajstić information content (AvgIpc) is 1.98. The number of hydrogen-bond donors (Lipinski definition) is 1. The number of nitrogens with zero attached hydrogens (tertiary/aromatic N) is 3. The van der Waals surface area contributed by atoms with E-state index in [0.29, 0.717) is 6.42 Å². The molecule has 5 heteroatoms. The number of carboxylic acid groups (broad SMARTS) is 1. The van der Waals surface area contributed by atoms with Crippen molar-refractivity contribution < 1.29 is 9.90 Å². The van der Waals surface area contributed by atoms with Crippen LogP contribution in [-0.2, 0) is 4.79 Å². The number of carboxylic acids is 1. The molecule has 0 aliphatic rings. The maximum Gasteiger partial charge on any atom is 0.303 e. The third-order valence-corrected chi connectivity index (χ3v) is 1.85. The van der Waals surface area contributed by atoms with Crippen LogP contribution in [-0.4, -0.2) is 17.1 Å². The SMILES string of the molecule is CC(C)(C)CCC(CC(=O)O)N=[N+]=[N-]. The van der Waals surface area contributed by atoms with Crippen LogP contribution < -0.4 is 0 Å². The fourth-order valence-corrected chi connectivity index (χ4v) is 1.07. The van der Waals surface area contributed by atoms with Gasteiger partial charge in [0, 0.05) is 11.0 Å². The van der Waals surface area contributed by atoms with Crippen LogP contribution in [0.1, 0.15) is 40.0 Å². The van der Waals surface area contributed by atoms with Crippen LogP contribution in [0.15, 0.2) is 5.11 Å². The molecule has 0 aromatic heterocycles. The Bertz CT molecular complexity index is 239. The fourth-order valence-electron chi connectivity index (χ4n) is 1.07. The van der Waals surface area contributed by atoms with Gasteiger partial charge in [0.05, 0.1) is 6.42 Å². The Morgan fingerprint density at radius 2 is 2.14 bits per heavy atom. The van der Waals surface area contributed by atoms with E-state index in [1.165, 1.54) is 0 Å². The van der Waals surface area contributed by atoms with Crippen molar-refractivity contribution in [2.45, 2.75) is 46.1 Å². The summed E-state index contributed by atoms with van der Waals surface area (Å²) in [5.74, 6) is -0.920. The van der Waals surface area contributed by atoms with E-state index >= 15 is 0 Å². The van der Waals surface area contributed by atoms with Crippen molar-refractivity contribution in [3.05, 3.63) is 10.4 Å². The summed E-state index contributed by atoms with van der Waals surface area (Å²) in [6, 6.07) is -0.420. The molecule has 0 saturated carbocycles. The number of rotatable bonds is 5. The van der Waals surface area contributed by atoms with Crippen molar-refractivity contribution in [1.29, 1.82) is 0 Å². The van der Waals surface area contributed by atoms with Gasteiger partial charge >= 0.3 is 5.97 Å². The maximum absolute atomic E-state index is 10.4. The molecule has 1 atom stereocenters. The molecule has 1 N–H and O–H groups in total. The van der Waals surface area contributed by atoms with Gasteiger partial charge in [0.2, 0.25) is 0 Å². The molecule has 0 rings (SSSR count). The normalized spacial score (nSPS) is 13.1. The molecule has 0 amide bonds. The molecule has 0 aliphatic heterocycles. The van der Waals surface area contributed by atoms with Gasteiger partial charge in [-0.1, -0.05) is 25.9 Å². The van der Waals surface area contributed by atoms with E-state index < -0.39 is 12.0 Å². The summed E-state index contributed by atoms with van der Waals surface area (Å²) in [7, 11) is 0. The second kappa shape index (κ2) is 5.50. The molecular weight excluding hydrogens is 182 g/mol. The molecule has 0 heterocycles. The monoisotopic (exact) mass is 199 g/mol. The van der Waals surface area contributed by atoms with Crippen LogP contribution in [0.5, 0.6) is 0 Å². The molecule has 0 saturated heterocycles. The zero-order valence-corrected chi connectivity index (χ0v) is 8.90. The van der Waals surface area contributed by atoms with Crippen molar-refractivity contribution in [2.24, 2.45) is 10.5 Å². The van der Waals surface area contributed by atoms with E-state index in [4.69, 9.17) is 10.6 Å². The summed E-state index contributed by atoms with van der Waals surface area (Å²) >= 11 is 0. The Morgan fingerprint density at radius 1 is 1.57 bits per heavy atom. The quantitative estimate of drug-likeness (QED) is 0.419. The molecule has 0 aromatic rings. The Balaban J connectivity index is 4.10. The largest absolute Gasteiger partial charge is 0.481 e. The van der Waals surface area contributed by atoms with Gasteiger partial charge in [0.1, 0.15) is 0 Å². The maximum atomic E-state index is 10.4. The summed E-state index contributed by atoms with van der Waals surface area (Å²) in [6.07, 6.45) is 1.39. The highest BCUT2D eigenvalue weighted by Gasteiger charge is 2.16. The topological polar surface area (TPSA) is 86.1 Å². The van der Waals surface area contributed by atoms with Crippen molar-refractivity contribution in [3.8, 4) is 0 Å². The number of azide groups is 1. The first-order valence-corrected chi connectivity index (χ1v) is 4.61.